The van der Waals surface area contributed by atoms with Crippen molar-refractivity contribution in [1.29, 1.82) is 0 Å². The molecular formula is C42H26N6O. The second-order valence-electron chi connectivity index (χ2n) is 11.6. The smallest absolute Gasteiger partial charge is 0.147 e. The summed E-state index contributed by atoms with van der Waals surface area (Å²) in [6.45, 7) is 0. The summed E-state index contributed by atoms with van der Waals surface area (Å²) in [6, 6.07) is 40.4. The van der Waals surface area contributed by atoms with Gasteiger partial charge in [0, 0.05) is 64.8 Å². The molecule has 7 heterocycles. The van der Waals surface area contributed by atoms with Gasteiger partial charge < -0.3 is 4.42 Å². The quantitative estimate of drug-likeness (QED) is 0.181. The van der Waals surface area contributed by atoms with E-state index >= 15 is 0 Å². The molecule has 0 N–H and O–H groups in total. The van der Waals surface area contributed by atoms with Gasteiger partial charge in [-0.05, 0) is 77.9 Å². The zero-order chi connectivity index (χ0) is 32.6. The first-order valence-electron chi connectivity index (χ1n) is 15.9. The maximum atomic E-state index is 6.79. The summed E-state index contributed by atoms with van der Waals surface area (Å²) in [5.74, 6) is 0.730. The fourth-order valence-corrected chi connectivity index (χ4v) is 6.29. The van der Waals surface area contributed by atoms with Crippen LogP contribution in [-0.2, 0) is 0 Å². The molecule has 0 atom stereocenters. The molecule has 0 saturated carbocycles. The van der Waals surface area contributed by atoms with E-state index in [0.29, 0.717) is 0 Å². The van der Waals surface area contributed by atoms with Gasteiger partial charge in [-0.2, -0.15) is 0 Å². The van der Waals surface area contributed by atoms with Crippen molar-refractivity contribution in [3.8, 4) is 67.6 Å². The Kier molecular flexibility index (Phi) is 6.98. The second-order valence-corrected chi connectivity index (χ2v) is 11.6. The lowest BCUT2D eigenvalue weighted by Crippen LogP contribution is -1.94. The molecule has 0 aliphatic carbocycles. The van der Waals surface area contributed by atoms with Gasteiger partial charge in [-0.3, -0.25) is 19.9 Å². The Morgan fingerprint density at radius 2 is 1.08 bits per heavy atom. The van der Waals surface area contributed by atoms with Gasteiger partial charge >= 0.3 is 0 Å². The molecule has 9 rings (SSSR count). The first kappa shape index (κ1) is 28.4. The molecule has 0 fully saturated rings. The van der Waals surface area contributed by atoms with Gasteiger partial charge in [0.1, 0.15) is 11.3 Å². The predicted octanol–water partition coefficient (Wildman–Crippen LogP) is 9.96. The van der Waals surface area contributed by atoms with Gasteiger partial charge in [0.15, 0.2) is 0 Å². The zero-order valence-electron chi connectivity index (χ0n) is 26.1. The number of aromatic nitrogens is 6. The van der Waals surface area contributed by atoms with Crippen molar-refractivity contribution < 1.29 is 4.42 Å². The largest absolute Gasteiger partial charge is 0.455 e. The maximum absolute atomic E-state index is 6.79. The summed E-state index contributed by atoms with van der Waals surface area (Å²) < 4.78 is 6.79. The summed E-state index contributed by atoms with van der Waals surface area (Å²) in [4.78, 5) is 28.2. The molecule has 0 aliphatic rings. The number of benzene rings is 2. The normalized spacial score (nSPS) is 11.3. The lowest BCUT2D eigenvalue weighted by Gasteiger charge is -2.11. The SMILES string of the molecule is c1ccc(-c2cc(-c3ccc(-c4nc5ccccc5c5oc(-c6cccnc6)c(-c6cccnc6)c45)cc3)cc(-c3ccccn3)n2)nc1. The zero-order valence-corrected chi connectivity index (χ0v) is 26.1. The van der Waals surface area contributed by atoms with Crippen LogP contribution in [0.4, 0.5) is 0 Å². The highest BCUT2D eigenvalue weighted by Gasteiger charge is 2.24. The number of hydrogen-bond donors (Lipinski definition) is 0. The number of para-hydroxylation sites is 1. The number of pyridine rings is 6. The molecule has 2 aromatic carbocycles. The fourth-order valence-electron chi connectivity index (χ4n) is 6.29. The number of furan rings is 1. The summed E-state index contributed by atoms with van der Waals surface area (Å²) in [6.07, 6.45) is 10.8. The van der Waals surface area contributed by atoms with Crippen LogP contribution in [0.5, 0.6) is 0 Å². The molecule has 0 bridgehead atoms. The van der Waals surface area contributed by atoms with Crippen LogP contribution in [0.3, 0.4) is 0 Å². The number of hydrogen-bond acceptors (Lipinski definition) is 7. The molecule has 0 aliphatic heterocycles. The molecule has 7 heteroatoms. The van der Waals surface area contributed by atoms with Gasteiger partial charge in [-0.25, -0.2) is 9.97 Å². The molecular weight excluding hydrogens is 605 g/mol. The first-order chi connectivity index (χ1) is 24.3. The minimum Gasteiger partial charge on any atom is -0.455 e. The second kappa shape index (κ2) is 12.1. The van der Waals surface area contributed by atoms with Crippen LogP contribution in [-0.4, -0.2) is 29.9 Å². The van der Waals surface area contributed by atoms with E-state index < -0.39 is 0 Å². The van der Waals surface area contributed by atoms with E-state index in [2.05, 4.69) is 68.5 Å². The minimum atomic E-state index is 0.730. The standard InChI is InChI=1S/C42H26N6O/c1-2-12-33-32(11-1)42-39(38(29-9-7-19-43-25-29)41(49-42)30-10-8-20-44-26-30)40(48-33)28-17-15-27(16-18-28)31-23-36(34-13-3-5-21-45-34)47-37(24-31)35-14-4-6-22-46-35/h1-26H. The Balaban J connectivity index is 1.24. The van der Waals surface area contributed by atoms with Crippen LogP contribution in [0.25, 0.3) is 89.5 Å². The van der Waals surface area contributed by atoms with E-state index in [0.717, 1.165) is 89.5 Å². The maximum Gasteiger partial charge on any atom is 0.147 e. The Morgan fingerprint density at radius 1 is 0.449 bits per heavy atom. The molecule has 9 aromatic rings. The average molecular weight is 631 g/mol. The minimum absolute atomic E-state index is 0.730. The third kappa shape index (κ3) is 5.20. The highest BCUT2D eigenvalue weighted by molar-refractivity contribution is 6.16. The van der Waals surface area contributed by atoms with Crippen molar-refractivity contribution in [2.75, 3.05) is 0 Å². The summed E-state index contributed by atoms with van der Waals surface area (Å²) in [7, 11) is 0. The van der Waals surface area contributed by atoms with E-state index in [4.69, 9.17) is 14.4 Å². The van der Waals surface area contributed by atoms with Gasteiger partial charge in [0.2, 0.25) is 0 Å². The van der Waals surface area contributed by atoms with Crippen LogP contribution in [0.2, 0.25) is 0 Å². The van der Waals surface area contributed by atoms with Gasteiger partial charge in [0.05, 0.1) is 39.4 Å². The van der Waals surface area contributed by atoms with E-state index in [1.54, 1.807) is 24.8 Å². The predicted molar refractivity (Wildman–Crippen MR) is 193 cm³/mol. The van der Waals surface area contributed by atoms with Crippen molar-refractivity contribution in [3.63, 3.8) is 0 Å². The fraction of sp³-hybridized carbons (Fsp3) is 0. The van der Waals surface area contributed by atoms with Gasteiger partial charge in [-0.15, -0.1) is 0 Å². The van der Waals surface area contributed by atoms with Gasteiger partial charge in [-0.1, -0.05) is 54.6 Å². The number of fused-ring (bicyclic) bond motifs is 3. The van der Waals surface area contributed by atoms with Crippen molar-refractivity contribution in [2.24, 2.45) is 0 Å². The van der Waals surface area contributed by atoms with Crippen LogP contribution in [0.15, 0.2) is 163 Å². The summed E-state index contributed by atoms with van der Waals surface area (Å²) in [5, 5.41) is 1.87. The van der Waals surface area contributed by atoms with E-state index in [9.17, 15) is 0 Å². The Hall–Kier alpha value is -6.86. The molecule has 0 radical (unpaired) electrons. The molecule has 0 amide bonds. The van der Waals surface area contributed by atoms with E-state index in [1.165, 1.54) is 0 Å². The number of nitrogens with zero attached hydrogens (tertiary/aromatic N) is 6. The van der Waals surface area contributed by atoms with Crippen molar-refractivity contribution in [3.05, 3.63) is 159 Å². The lowest BCUT2D eigenvalue weighted by molar-refractivity contribution is 0.635. The first-order valence-corrected chi connectivity index (χ1v) is 15.9. The van der Waals surface area contributed by atoms with Crippen LogP contribution in [0.1, 0.15) is 0 Å². The molecule has 230 valence electrons. The topological polar surface area (TPSA) is 90.5 Å². The lowest BCUT2D eigenvalue weighted by atomic mass is 9.95. The highest BCUT2D eigenvalue weighted by Crippen LogP contribution is 2.46. The highest BCUT2D eigenvalue weighted by atomic mass is 16.3. The number of rotatable bonds is 6. The van der Waals surface area contributed by atoms with Crippen molar-refractivity contribution in [1.82, 2.24) is 29.9 Å². The molecule has 0 spiro atoms. The van der Waals surface area contributed by atoms with Crippen molar-refractivity contribution >= 4 is 21.9 Å². The van der Waals surface area contributed by atoms with E-state index in [-0.39, 0.29) is 0 Å². The van der Waals surface area contributed by atoms with Crippen LogP contribution < -0.4 is 0 Å². The molecule has 49 heavy (non-hydrogen) atoms. The van der Waals surface area contributed by atoms with E-state index in [1.807, 2.05) is 85.2 Å². The molecule has 7 aromatic heterocycles. The van der Waals surface area contributed by atoms with Gasteiger partial charge in [0.25, 0.3) is 0 Å². The molecule has 0 saturated heterocycles. The monoisotopic (exact) mass is 630 g/mol. The van der Waals surface area contributed by atoms with Crippen molar-refractivity contribution in [2.45, 2.75) is 0 Å². The summed E-state index contributed by atoms with van der Waals surface area (Å²) in [5.41, 5.74) is 11.4. The molecule has 7 nitrogen and oxygen atoms in total. The third-order valence-corrected chi connectivity index (χ3v) is 8.57. The third-order valence-electron chi connectivity index (χ3n) is 8.57. The summed E-state index contributed by atoms with van der Waals surface area (Å²) >= 11 is 0. The Morgan fingerprint density at radius 3 is 1.71 bits per heavy atom. The Bertz CT molecular complexity index is 2510. The van der Waals surface area contributed by atoms with Crippen LogP contribution >= 0.6 is 0 Å². The average Bonchev–Trinajstić information content (AvgIpc) is 3.60. The Labute approximate surface area is 281 Å². The molecule has 0 unspecified atom stereocenters. The van der Waals surface area contributed by atoms with Crippen LogP contribution in [0, 0.1) is 0 Å².